The van der Waals surface area contributed by atoms with Crippen molar-refractivity contribution in [3.8, 4) is 0 Å². The first-order chi connectivity index (χ1) is 10.0. The molecule has 2 rings (SSSR count). The van der Waals surface area contributed by atoms with E-state index in [1.807, 2.05) is 32.7 Å². The molecule has 2 aromatic heterocycles. The minimum Gasteiger partial charge on any atom is -0.299 e. The molecule has 2 aromatic rings. The molecule has 0 aliphatic rings. The molecule has 0 fully saturated rings. The highest BCUT2D eigenvalue weighted by Crippen LogP contribution is 2.16. The molecule has 7 nitrogen and oxygen atoms in total. The van der Waals surface area contributed by atoms with Gasteiger partial charge in [-0.25, -0.2) is 0 Å². The molecule has 0 spiro atoms. The maximum Gasteiger partial charge on any atom is 0.243 e. The maximum atomic E-state index is 12.2. The Morgan fingerprint density at radius 3 is 2.86 bits per heavy atom. The van der Waals surface area contributed by atoms with Gasteiger partial charge in [0.2, 0.25) is 11.0 Å². The van der Waals surface area contributed by atoms with Crippen LogP contribution in [0.1, 0.15) is 30.1 Å². The van der Waals surface area contributed by atoms with E-state index in [-0.39, 0.29) is 11.9 Å². The maximum absolute atomic E-state index is 12.2. The number of carbonyl (C=O) groups excluding carboxylic acids is 1. The van der Waals surface area contributed by atoms with Gasteiger partial charge in [0.1, 0.15) is 5.01 Å². The van der Waals surface area contributed by atoms with Crippen LogP contribution in [0.5, 0.6) is 0 Å². The SMILES string of the molecule is CCc1nnc(NC(=O)[C@H](C)N(C)Cc2cn[nH]c2C)s1. The molecule has 114 valence electrons. The van der Waals surface area contributed by atoms with Crippen molar-refractivity contribution in [2.45, 2.75) is 39.8 Å². The van der Waals surface area contributed by atoms with Crippen molar-refractivity contribution < 1.29 is 4.79 Å². The minimum atomic E-state index is -0.270. The number of likely N-dealkylation sites (N-methyl/N-ethyl adjacent to an activating group) is 1. The third kappa shape index (κ3) is 3.85. The van der Waals surface area contributed by atoms with Crippen molar-refractivity contribution >= 4 is 22.4 Å². The van der Waals surface area contributed by atoms with E-state index >= 15 is 0 Å². The van der Waals surface area contributed by atoms with Gasteiger partial charge in [-0.05, 0) is 27.3 Å². The average molecular weight is 308 g/mol. The van der Waals surface area contributed by atoms with Gasteiger partial charge in [0.15, 0.2) is 0 Å². The lowest BCUT2D eigenvalue weighted by molar-refractivity contribution is -0.120. The van der Waals surface area contributed by atoms with Gasteiger partial charge in [0, 0.05) is 17.8 Å². The lowest BCUT2D eigenvalue weighted by atomic mass is 10.2. The van der Waals surface area contributed by atoms with E-state index in [2.05, 4.69) is 25.7 Å². The number of hydrogen-bond acceptors (Lipinski definition) is 6. The third-order valence-electron chi connectivity index (χ3n) is 3.39. The van der Waals surface area contributed by atoms with E-state index in [1.165, 1.54) is 11.3 Å². The van der Waals surface area contributed by atoms with Crippen molar-refractivity contribution in [2.24, 2.45) is 0 Å². The van der Waals surface area contributed by atoms with Gasteiger partial charge in [-0.15, -0.1) is 10.2 Å². The smallest absolute Gasteiger partial charge is 0.243 e. The molecule has 0 radical (unpaired) electrons. The second-order valence-electron chi connectivity index (χ2n) is 4.96. The molecule has 0 saturated carbocycles. The lowest BCUT2D eigenvalue weighted by Gasteiger charge is -2.23. The second kappa shape index (κ2) is 6.77. The highest BCUT2D eigenvalue weighted by molar-refractivity contribution is 7.15. The summed E-state index contributed by atoms with van der Waals surface area (Å²) in [5.41, 5.74) is 2.10. The number of amides is 1. The Hall–Kier alpha value is -1.80. The predicted molar refractivity (Wildman–Crippen MR) is 82.2 cm³/mol. The zero-order valence-corrected chi connectivity index (χ0v) is 13.5. The van der Waals surface area contributed by atoms with Crippen molar-refractivity contribution in [1.82, 2.24) is 25.3 Å². The summed E-state index contributed by atoms with van der Waals surface area (Å²) in [6.45, 7) is 6.50. The summed E-state index contributed by atoms with van der Waals surface area (Å²) in [6.07, 6.45) is 2.61. The number of hydrogen-bond donors (Lipinski definition) is 2. The highest BCUT2D eigenvalue weighted by atomic mass is 32.1. The van der Waals surface area contributed by atoms with Crippen LogP contribution in [-0.4, -0.2) is 44.3 Å². The molecule has 0 saturated heterocycles. The standard InChI is InChI=1S/C13H20N6OS/c1-5-11-17-18-13(21-11)15-12(20)9(3)19(4)7-10-6-14-16-8(10)2/h6,9H,5,7H2,1-4H3,(H,14,16)(H,15,18,20)/t9-/m0/s1. The van der Waals surface area contributed by atoms with Gasteiger partial charge < -0.3 is 0 Å². The van der Waals surface area contributed by atoms with Crippen LogP contribution in [0.4, 0.5) is 5.13 Å². The van der Waals surface area contributed by atoms with Crippen LogP contribution in [0.25, 0.3) is 0 Å². The van der Waals surface area contributed by atoms with Gasteiger partial charge in [0.05, 0.1) is 12.2 Å². The van der Waals surface area contributed by atoms with Crippen molar-refractivity contribution in [3.05, 3.63) is 22.5 Å². The summed E-state index contributed by atoms with van der Waals surface area (Å²) in [6, 6.07) is -0.270. The quantitative estimate of drug-likeness (QED) is 0.846. The van der Waals surface area contributed by atoms with Gasteiger partial charge in [-0.1, -0.05) is 18.3 Å². The Bertz CT molecular complexity index is 607. The van der Waals surface area contributed by atoms with Crippen molar-refractivity contribution in [1.29, 1.82) is 0 Å². The average Bonchev–Trinajstić information content (AvgIpc) is 3.07. The number of carbonyl (C=O) groups is 1. The summed E-state index contributed by atoms with van der Waals surface area (Å²) in [5.74, 6) is -0.0857. The molecule has 2 N–H and O–H groups in total. The molecule has 0 aliphatic carbocycles. The number of aromatic nitrogens is 4. The third-order valence-corrected chi connectivity index (χ3v) is 4.38. The van der Waals surface area contributed by atoms with Gasteiger partial charge in [0.25, 0.3) is 0 Å². The summed E-state index contributed by atoms with van der Waals surface area (Å²) in [5, 5.41) is 19.1. The first-order valence-electron chi connectivity index (χ1n) is 6.83. The molecule has 0 unspecified atom stereocenters. The number of nitrogens with one attached hydrogen (secondary N) is 2. The van der Waals surface area contributed by atoms with E-state index in [4.69, 9.17) is 0 Å². The summed E-state index contributed by atoms with van der Waals surface area (Å²) in [7, 11) is 1.91. The monoisotopic (exact) mass is 308 g/mol. The summed E-state index contributed by atoms with van der Waals surface area (Å²) >= 11 is 1.41. The van der Waals surface area contributed by atoms with E-state index < -0.39 is 0 Å². The summed E-state index contributed by atoms with van der Waals surface area (Å²) in [4.78, 5) is 14.2. The number of H-pyrrole nitrogens is 1. The van der Waals surface area contributed by atoms with Gasteiger partial charge in [-0.3, -0.25) is 20.1 Å². The van der Waals surface area contributed by atoms with Crippen LogP contribution >= 0.6 is 11.3 Å². The first-order valence-corrected chi connectivity index (χ1v) is 7.65. The molecule has 8 heteroatoms. The zero-order valence-electron chi connectivity index (χ0n) is 12.7. The number of rotatable bonds is 6. The van der Waals surface area contributed by atoms with Gasteiger partial charge >= 0.3 is 0 Å². The normalized spacial score (nSPS) is 12.6. The minimum absolute atomic E-state index is 0.0857. The van der Waals surface area contributed by atoms with E-state index in [1.54, 1.807) is 6.20 Å². The first kappa shape index (κ1) is 15.6. The Balaban J connectivity index is 1.93. The fourth-order valence-corrected chi connectivity index (χ4v) is 2.48. The fraction of sp³-hybridized carbons (Fsp3) is 0.538. The largest absolute Gasteiger partial charge is 0.299 e. The van der Waals surface area contributed by atoms with E-state index in [0.717, 1.165) is 22.7 Å². The van der Waals surface area contributed by atoms with E-state index in [9.17, 15) is 4.79 Å². The summed E-state index contributed by atoms with van der Waals surface area (Å²) < 4.78 is 0. The Labute approximate surface area is 127 Å². The Kier molecular flexibility index (Phi) is 5.03. The van der Waals surface area contributed by atoms with E-state index in [0.29, 0.717) is 11.7 Å². The van der Waals surface area contributed by atoms with Crippen molar-refractivity contribution in [2.75, 3.05) is 12.4 Å². The lowest BCUT2D eigenvalue weighted by Crippen LogP contribution is -2.39. The number of aromatic amines is 1. The number of aryl methyl sites for hydroxylation is 2. The van der Waals surface area contributed by atoms with Crippen LogP contribution in [0.2, 0.25) is 0 Å². The van der Waals surface area contributed by atoms with Crippen molar-refractivity contribution in [3.63, 3.8) is 0 Å². The second-order valence-corrected chi connectivity index (χ2v) is 6.02. The highest BCUT2D eigenvalue weighted by Gasteiger charge is 2.20. The Morgan fingerprint density at radius 1 is 1.52 bits per heavy atom. The molecule has 0 bridgehead atoms. The van der Waals surface area contributed by atoms with Crippen LogP contribution < -0.4 is 5.32 Å². The van der Waals surface area contributed by atoms with Crippen LogP contribution in [0.3, 0.4) is 0 Å². The van der Waals surface area contributed by atoms with Crippen LogP contribution in [0.15, 0.2) is 6.20 Å². The van der Waals surface area contributed by atoms with Gasteiger partial charge in [-0.2, -0.15) is 5.10 Å². The topological polar surface area (TPSA) is 86.8 Å². The van der Waals surface area contributed by atoms with Crippen LogP contribution in [-0.2, 0) is 17.8 Å². The molecule has 1 amide bonds. The van der Waals surface area contributed by atoms with Crippen LogP contribution in [0, 0.1) is 6.92 Å². The molecule has 0 aromatic carbocycles. The molecular weight excluding hydrogens is 288 g/mol. The molecule has 0 aliphatic heterocycles. The number of anilines is 1. The number of nitrogens with zero attached hydrogens (tertiary/aromatic N) is 4. The predicted octanol–water partition coefficient (Wildman–Crippen LogP) is 1.59. The molecule has 2 heterocycles. The molecule has 1 atom stereocenters. The zero-order chi connectivity index (χ0) is 15.4. The Morgan fingerprint density at radius 2 is 2.29 bits per heavy atom. The fourth-order valence-electron chi connectivity index (χ4n) is 1.80. The molecular formula is C13H20N6OS. The molecule has 21 heavy (non-hydrogen) atoms.